The summed E-state index contributed by atoms with van der Waals surface area (Å²) in [5, 5.41) is 0. The molecule has 2 heterocycles. The van der Waals surface area contributed by atoms with Gasteiger partial charge in [0.05, 0.1) is 36.2 Å². The Morgan fingerprint density at radius 2 is 1.90 bits per heavy atom. The van der Waals surface area contributed by atoms with Crippen LogP contribution in [0.4, 0.5) is 0 Å². The van der Waals surface area contributed by atoms with E-state index in [4.69, 9.17) is 4.99 Å². The van der Waals surface area contributed by atoms with E-state index in [2.05, 4.69) is 55.8 Å². The highest BCUT2D eigenvalue weighted by atomic mass is 79.9. The van der Waals surface area contributed by atoms with Crippen LogP contribution in [-0.4, -0.2) is 15.3 Å². The maximum atomic E-state index is 4.82. The number of imidazole rings is 1. The minimum absolute atomic E-state index is 0.635. The summed E-state index contributed by atoms with van der Waals surface area (Å²) in [5.74, 6) is 0. The fourth-order valence-electron chi connectivity index (χ4n) is 2.65. The Labute approximate surface area is 131 Å². The Kier molecular flexibility index (Phi) is 2.97. The molecule has 4 rings (SSSR count). The summed E-state index contributed by atoms with van der Waals surface area (Å²) in [6, 6.07) is 16.6. The van der Waals surface area contributed by atoms with Crippen molar-refractivity contribution in [3.05, 3.63) is 82.3 Å². The minimum Gasteiger partial charge on any atom is -0.301 e. The van der Waals surface area contributed by atoms with Crippen LogP contribution in [0.2, 0.25) is 0 Å². The molecule has 0 atom stereocenters. The number of aliphatic imine (C=N–C) groups is 1. The average Bonchev–Trinajstić information content (AvgIpc) is 2.92. The molecule has 2 aromatic carbocycles. The molecule has 102 valence electrons. The van der Waals surface area contributed by atoms with Gasteiger partial charge in [-0.15, -0.1) is 0 Å². The van der Waals surface area contributed by atoms with Gasteiger partial charge >= 0.3 is 0 Å². The van der Waals surface area contributed by atoms with E-state index in [-0.39, 0.29) is 0 Å². The molecule has 1 aliphatic heterocycles. The van der Waals surface area contributed by atoms with Gasteiger partial charge in [-0.05, 0) is 18.2 Å². The quantitative estimate of drug-likeness (QED) is 0.660. The molecule has 0 N–H and O–H groups in total. The van der Waals surface area contributed by atoms with E-state index < -0.39 is 0 Å². The Morgan fingerprint density at radius 3 is 2.76 bits per heavy atom. The third kappa shape index (κ3) is 2.12. The average molecular weight is 338 g/mol. The van der Waals surface area contributed by atoms with Crippen LogP contribution in [-0.2, 0) is 6.54 Å². The van der Waals surface area contributed by atoms with Crippen LogP contribution in [0, 0.1) is 0 Å². The van der Waals surface area contributed by atoms with Crippen molar-refractivity contribution >= 4 is 21.6 Å². The largest absolute Gasteiger partial charge is 0.301 e. The van der Waals surface area contributed by atoms with Crippen LogP contribution >= 0.6 is 15.9 Å². The Bertz CT molecular complexity index is 834. The van der Waals surface area contributed by atoms with Crippen molar-refractivity contribution < 1.29 is 0 Å². The third-order valence-corrected chi connectivity index (χ3v) is 4.13. The zero-order valence-corrected chi connectivity index (χ0v) is 12.8. The second kappa shape index (κ2) is 4.97. The lowest BCUT2D eigenvalue weighted by Gasteiger charge is -2.12. The Morgan fingerprint density at radius 1 is 1.05 bits per heavy atom. The fourth-order valence-corrected chi connectivity index (χ4v) is 3.01. The molecule has 0 amide bonds. The highest BCUT2D eigenvalue weighted by Crippen LogP contribution is 2.27. The van der Waals surface area contributed by atoms with E-state index in [1.54, 1.807) is 0 Å². The summed E-state index contributed by atoms with van der Waals surface area (Å²) >= 11 is 3.57. The lowest BCUT2D eigenvalue weighted by molar-refractivity contribution is 0.923. The van der Waals surface area contributed by atoms with Crippen LogP contribution in [0.5, 0.6) is 0 Å². The number of aromatic nitrogens is 2. The van der Waals surface area contributed by atoms with Gasteiger partial charge in [-0.2, -0.15) is 0 Å². The number of hydrogen-bond acceptors (Lipinski definition) is 2. The second-order valence-electron chi connectivity index (χ2n) is 4.95. The molecule has 0 spiro atoms. The molecule has 0 saturated carbocycles. The molecule has 4 heteroatoms. The van der Waals surface area contributed by atoms with E-state index in [1.165, 1.54) is 0 Å². The van der Waals surface area contributed by atoms with E-state index >= 15 is 0 Å². The lowest BCUT2D eigenvalue weighted by Crippen LogP contribution is -2.06. The van der Waals surface area contributed by atoms with E-state index in [1.807, 2.05) is 30.7 Å². The van der Waals surface area contributed by atoms with Crippen molar-refractivity contribution in [1.29, 1.82) is 0 Å². The molecular formula is C17H12BrN3. The van der Waals surface area contributed by atoms with Gasteiger partial charge < -0.3 is 4.57 Å². The van der Waals surface area contributed by atoms with Crippen LogP contribution in [0.3, 0.4) is 0 Å². The maximum absolute atomic E-state index is 4.82. The van der Waals surface area contributed by atoms with Gasteiger partial charge in [-0.3, -0.25) is 4.99 Å². The number of nitrogens with zero attached hydrogens (tertiary/aromatic N) is 3. The maximum Gasteiger partial charge on any atom is 0.0995 e. The standard InChI is InChI=1S/C17H12BrN3/c18-13-6-7-16-15(8-13)17(12-4-2-1-3-5-12)20-10-14-9-19-11-21(14)16/h1-9,11H,10H2. The van der Waals surface area contributed by atoms with Crippen LogP contribution < -0.4 is 0 Å². The van der Waals surface area contributed by atoms with E-state index in [0.717, 1.165) is 32.7 Å². The van der Waals surface area contributed by atoms with Crippen molar-refractivity contribution in [2.75, 3.05) is 0 Å². The first kappa shape index (κ1) is 12.5. The number of hydrogen-bond donors (Lipinski definition) is 0. The van der Waals surface area contributed by atoms with Crippen molar-refractivity contribution in [1.82, 2.24) is 9.55 Å². The summed E-state index contributed by atoms with van der Waals surface area (Å²) in [4.78, 5) is 9.07. The van der Waals surface area contributed by atoms with Gasteiger partial charge in [0.2, 0.25) is 0 Å². The van der Waals surface area contributed by atoms with Gasteiger partial charge in [-0.1, -0.05) is 46.3 Å². The van der Waals surface area contributed by atoms with Crippen molar-refractivity contribution in [2.45, 2.75) is 6.54 Å². The summed E-state index contributed by atoms with van der Waals surface area (Å²) in [6.07, 6.45) is 3.73. The summed E-state index contributed by atoms with van der Waals surface area (Å²) in [6.45, 7) is 0.635. The summed E-state index contributed by atoms with van der Waals surface area (Å²) in [7, 11) is 0. The molecule has 0 bridgehead atoms. The predicted octanol–water partition coefficient (Wildman–Crippen LogP) is 3.99. The smallest absolute Gasteiger partial charge is 0.0995 e. The fraction of sp³-hybridized carbons (Fsp3) is 0.0588. The van der Waals surface area contributed by atoms with Crippen LogP contribution in [0.25, 0.3) is 5.69 Å². The molecule has 3 aromatic rings. The number of benzene rings is 2. The summed E-state index contributed by atoms with van der Waals surface area (Å²) in [5.41, 5.74) is 5.49. The van der Waals surface area contributed by atoms with E-state index in [9.17, 15) is 0 Å². The van der Waals surface area contributed by atoms with Crippen molar-refractivity contribution in [3.8, 4) is 5.69 Å². The first-order valence-corrected chi connectivity index (χ1v) is 7.53. The first-order valence-electron chi connectivity index (χ1n) is 6.74. The molecule has 1 aromatic heterocycles. The molecule has 1 aliphatic rings. The number of fused-ring (bicyclic) bond motifs is 3. The lowest BCUT2D eigenvalue weighted by atomic mass is 10.0. The second-order valence-corrected chi connectivity index (χ2v) is 5.86. The third-order valence-electron chi connectivity index (χ3n) is 3.63. The van der Waals surface area contributed by atoms with Gasteiger partial charge in [0.25, 0.3) is 0 Å². The SMILES string of the molecule is Brc1ccc2c(c1)C(c1ccccc1)=NCc1cncn1-2. The number of rotatable bonds is 1. The van der Waals surface area contributed by atoms with E-state index in [0.29, 0.717) is 6.54 Å². The van der Waals surface area contributed by atoms with Crippen LogP contribution in [0.15, 0.2) is 70.5 Å². The number of halogens is 1. The monoisotopic (exact) mass is 337 g/mol. The van der Waals surface area contributed by atoms with Gasteiger partial charge in [0.1, 0.15) is 0 Å². The molecule has 0 saturated heterocycles. The molecule has 0 aliphatic carbocycles. The molecule has 0 unspecified atom stereocenters. The molecular weight excluding hydrogens is 326 g/mol. The van der Waals surface area contributed by atoms with Crippen molar-refractivity contribution in [3.63, 3.8) is 0 Å². The van der Waals surface area contributed by atoms with Gasteiger partial charge in [0.15, 0.2) is 0 Å². The Hall–Kier alpha value is -2.20. The normalized spacial score (nSPS) is 13.1. The molecule has 21 heavy (non-hydrogen) atoms. The zero-order valence-electron chi connectivity index (χ0n) is 11.2. The highest BCUT2D eigenvalue weighted by molar-refractivity contribution is 9.10. The highest BCUT2D eigenvalue weighted by Gasteiger charge is 2.18. The topological polar surface area (TPSA) is 30.2 Å². The molecule has 0 radical (unpaired) electrons. The molecule has 0 fully saturated rings. The first-order chi connectivity index (χ1) is 10.3. The van der Waals surface area contributed by atoms with Gasteiger partial charge in [0, 0.05) is 15.6 Å². The minimum atomic E-state index is 0.635. The van der Waals surface area contributed by atoms with Crippen molar-refractivity contribution in [2.24, 2.45) is 4.99 Å². The predicted molar refractivity (Wildman–Crippen MR) is 87.0 cm³/mol. The van der Waals surface area contributed by atoms with Crippen LogP contribution in [0.1, 0.15) is 16.8 Å². The Balaban J connectivity index is 2.00. The molecule has 3 nitrogen and oxygen atoms in total. The summed E-state index contributed by atoms with van der Waals surface area (Å²) < 4.78 is 3.16. The van der Waals surface area contributed by atoms with Gasteiger partial charge in [-0.25, -0.2) is 4.98 Å². The zero-order chi connectivity index (χ0) is 14.2.